The molecule has 0 heterocycles. The van der Waals surface area contributed by atoms with Gasteiger partial charge in [0.1, 0.15) is 12.4 Å². The molecule has 0 saturated heterocycles. The van der Waals surface area contributed by atoms with Gasteiger partial charge < -0.3 is 9.47 Å². The topological polar surface area (TPSA) is 52.6 Å². The van der Waals surface area contributed by atoms with Gasteiger partial charge in [-0.2, -0.15) is 0 Å². The van der Waals surface area contributed by atoms with E-state index in [1.165, 1.54) is 12.2 Å². The lowest BCUT2D eigenvalue weighted by Crippen LogP contribution is -2.10. The van der Waals surface area contributed by atoms with Crippen LogP contribution in [0.15, 0.2) is 49.6 Å². The highest BCUT2D eigenvalue weighted by Crippen LogP contribution is 2.12. The summed E-state index contributed by atoms with van der Waals surface area (Å²) in [6.45, 7) is 6.70. The van der Waals surface area contributed by atoms with Crippen LogP contribution in [0.25, 0.3) is 0 Å². The minimum Gasteiger partial charge on any atom is -0.468 e. The fourth-order valence-electron chi connectivity index (χ4n) is 1.29. The molecule has 100 valence electrons. The molecule has 0 unspecified atom stereocenters. The van der Waals surface area contributed by atoms with Crippen molar-refractivity contribution < 1.29 is 19.1 Å². The van der Waals surface area contributed by atoms with E-state index in [9.17, 15) is 9.59 Å². The number of ketones is 2. The zero-order chi connectivity index (χ0) is 14.1. The van der Waals surface area contributed by atoms with Crippen LogP contribution in [0.1, 0.15) is 5.56 Å². The average Bonchev–Trinajstić information content (AvgIpc) is 2.44. The van der Waals surface area contributed by atoms with Crippen LogP contribution in [0.3, 0.4) is 0 Å². The Morgan fingerprint density at radius 2 is 1.68 bits per heavy atom. The van der Waals surface area contributed by atoms with Crippen LogP contribution in [-0.4, -0.2) is 25.0 Å². The molecule has 0 spiro atoms. The first kappa shape index (κ1) is 14.9. The van der Waals surface area contributed by atoms with E-state index in [1.54, 1.807) is 24.3 Å². The Morgan fingerprint density at radius 1 is 1.05 bits per heavy atom. The predicted octanol–water partition coefficient (Wildman–Crippen LogP) is 2.09. The van der Waals surface area contributed by atoms with Crippen molar-refractivity contribution in [3.63, 3.8) is 0 Å². The third-order valence-electron chi connectivity index (χ3n) is 2.31. The van der Waals surface area contributed by atoms with E-state index in [2.05, 4.69) is 13.2 Å². The third-order valence-corrected chi connectivity index (χ3v) is 2.31. The molecule has 1 aromatic carbocycles. The maximum atomic E-state index is 11.2. The second-order valence-electron chi connectivity index (χ2n) is 3.77. The van der Waals surface area contributed by atoms with Crippen LogP contribution >= 0.6 is 0 Å². The Balaban J connectivity index is 2.35. The van der Waals surface area contributed by atoms with Gasteiger partial charge in [-0.1, -0.05) is 25.3 Å². The number of carbonyl (C=O) groups excluding carboxylic acids is 2. The van der Waals surface area contributed by atoms with E-state index in [4.69, 9.17) is 9.47 Å². The van der Waals surface area contributed by atoms with Gasteiger partial charge in [-0.15, -0.1) is 0 Å². The van der Waals surface area contributed by atoms with Crippen molar-refractivity contribution in [3.05, 3.63) is 55.1 Å². The van der Waals surface area contributed by atoms with E-state index in [1.807, 2.05) is 0 Å². The van der Waals surface area contributed by atoms with E-state index >= 15 is 0 Å². The van der Waals surface area contributed by atoms with Crippen molar-refractivity contribution in [2.75, 3.05) is 13.4 Å². The normalized spacial score (nSPS) is 9.68. The lowest BCUT2D eigenvalue weighted by molar-refractivity contribution is -0.121. The lowest BCUT2D eigenvalue weighted by atomic mass is 10.1. The number of carbonyl (C=O) groups is 2. The Hall–Kier alpha value is -2.20. The van der Waals surface area contributed by atoms with E-state index in [-0.39, 0.29) is 25.0 Å². The monoisotopic (exact) mass is 260 g/mol. The summed E-state index contributed by atoms with van der Waals surface area (Å²) in [4.78, 5) is 22.0. The molecule has 0 aliphatic rings. The molecule has 0 saturated carbocycles. The molecule has 0 radical (unpaired) electrons. The zero-order valence-electron chi connectivity index (χ0n) is 10.6. The predicted molar refractivity (Wildman–Crippen MR) is 72.0 cm³/mol. The van der Waals surface area contributed by atoms with Crippen molar-refractivity contribution in [3.8, 4) is 5.75 Å². The summed E-state index contributed by atoms with van der Waals surface area (Å²) in [6.07, 6.45) is 2.83. The van der Waals surface area contributed by atoms with Gasteiger partial charge in [0.25, 0.3) is 0 Å². The van der Waals surface area contributed by atoms with Gasteiger partial charge in [-0.25, -0.2) is 0 Å². The fraction of sp³-hybridized carbons (Fsp3) is 0.200. The van der Waals surface area contributed by atoms with Gasteiger partial charge in [0.15, 0.2) is 18.4 Å². The molecule has 0 amide bonds. The maximum absolute atomic E-state index is 11.2. The molecule has 0 aromatic heterocycles. The van der Waals surface area contributed by atoms with Gasteiger partial charge in [0, 0.05) is 6.42 Å². The molecule has 0 atom stereocenters. The summed E-state index contributed by atoms with van der Waals surface area (Å²) >= 11 is 0. The molecular weight excluding hydrogens is 244 g/mol. The number of hydrogen-bond acceptors (Lipinski definition) is 4. The summed E-state index contributed by atoms with van der Waals surface area (Å²) < 4.78 is 10.3. The molecule has 1 aromatic rings. The van der Waals surface area contributed by atoms with E-state index in [0.717, 1.165) is 5.56 Å². The number of ether oxygens (including phenoxy) is 2. The summed E-state index contributed by atoms with van der Waals surface area (Å²) in [5.41, 5.74) is 0.889. The Labute approximate surface area is 112 Å². The molecule has 4 heteroatoms. The molecule has 0 aliphatic heterocycles. The summed E-state index contributed by atoms with van der Waals surface area (Å²) in [7, 11) is 0. The maximum Gasteiger partial charge on any atom is 0.189 e. The highest BCUT2D eigenvalue weighted by Gasteiger charge is 2.00. The quantitative estimate of drug-likeness (QED) is 0.387. The summed E-state index contributed by atoms with van der Waals surface area (Å²) in [5.74, 6) is 0.391. The first-order chi connectivity index (χ1) is 9.15. The zero-order valence-corrected chi connectivity index (χ0v) is 10.6. The van der Waals surface area contributed by atoms with Gasteiger partial charge in [-0.3, -0.25) is 9.59 Å². The number of benzene rings is 1. The SMILES string of the molecule is C=CC(=O)COCOc1ccc(CC(=O)C=C)cc1. The van der Waals surface area contributed by atoms with Crippen molar-refractivity contribution >= 4 is 11.6 Å². The van der Waals surface area contributed by atoms with Gasteiger partial charge in [-0.05, 0) is 29.8 Å². The van der Waals surface area contributed by atoms with Crippen LogP contribution in [-0.2, 0) is 20.7 Å². The largest absolute Gasteiger partial charge is 0.468 e. The standard InChI is InChI=1S/C15H16O4/c1-3-13(16)9-12-5-7-15(8-6-12)19-11-18-10-14(17)4-2/h3-8H,1-2,9-11H2. The molecule has 19 heavy (non-hydrogen) atoms. The van der Waals surface area contributed by atoms with Crippen molar-refractivity contribution in [1.82, 2.24) is 0 Å². The summed E-state index contributed by atoms with van der Waals surface area (Å²) in [6, 6.07) is 7.08. The molecule has 4 nitrogen and oxygen atoms in total. The van der Waals surface area contributed by atoms with E-state index in [0.29, 0.717) is 12.2 Å². The molecule has 1 rings (SSSR count). The Morgan fingerprint density at radius 3 is 2.26 bits per heavy atom. The minimum absolute atomic E-state index is 0.00941. The molecule has 0 N–H and O–H groups in total. The second-order valence-corrected chi connectivity index (χ2v) is 3.77. The molecular formula is C15H16O4. The molecule has 0 bridgehead atoms. The minimum atomic E-state index is -0.193. The van der Waals surface area contributed by atoms with Gasteiger partial charge >= 0.3 is 0 Å². The molecule has 0 aliphatic carbocycles. The number of hydrogen-bond donors (Lipinski definition) is 0. The number of allylic oxidation sites excluding steroid dienone is 1. The highest BCUT2D eigenvalue weighted by atomic mass is 16.7. The van der Waals surface area contributed by atoms with E-state index < -0.39 is 0 Å². The second kappa shape index (κ2) is 8.00. The first-order valence-corrected chi connectivity index (χ1v) is 5.75. The smallest absolute Gasteiger partial charge is 0.189 e. The highest BCUT2D eigenvalue weighted by molar-refractivity contribution is 5.91. The Bertz CT molecular complexity index is 460. The number of rotatable bonds is 9. The molecule has 0 fully saturated rings. The van der Waals surface area contributed by atoms with Crippen molar-refractivity contribution in [2.24, 2.45) is 0 Å². The average molecular weight is 260 g/mol. The lowest BCUT2D eigenvalue weighted by Gasteiger charge is -2.06. The van der Waals surface area contributed by atoms with Crippen LogP contribution in [0.2, 0.25) is 0 Å². The van der Waals surface area contributed by atoms with Crippen LogP contribution in [0.4, 0.5) is 0 Å². The fourth-order valence-corrected chi connectivity index (χ4v) is 1.29. The van der Waals surface area contributed by atoms with Gasteiger partial charge in [0.2, 0.25) is 0 Å². The summed E-state index contributed by atoms with van der Waals surface area (Å²) in [5, 5.41) is 0. The van der Waals surface area contributed by atoms with Crippen LogP contribution in [0.5, 0.6) is 5.75 Å². The van der Waals surface area contributed by atoms with Crippen LogP contribution < -0.4 is 4.74 Å². The van der Waals surface area contributed by atoms with Crippen molar-refractivity contribution in [1.29, 1.82) is 0 Å². The third kappa shape index (κ3) is 5.79. The first-order valence-electron chi connectivity index (χ1n) is 5.75. The van der Waals surface area contributed by atoms with Crippen molar-refractivity contribution in [2.45, 2.75) is 6.42 Å². The Kier molecular flexibility index (Phi) is 6.26. The van der Waals surface area contributed by atoms with Gasteiger partial charge in [0.05, 0.1) is 0 Å². The van der Waals surface area contributed by atoms with Crippen LogP contribution in [0, 0.1) is 0 Å².